The zero-order chi connectivity index (χ0) is 16.2. The Morgan fingerprint density at radius 3 is 2.96 bits per heavy atom. The largest absolute Gasteiger partial charge is 0.373 e. The molecule has 2 atom stereocenters. The van der Waals surface area contributed by atoms with Crippen molar-refractivity contribution in [3.05, 3.63) is 47.0 Å². The van der Waals surface area contributed by atoms with Crippen LogP contribution >= 0.6 is 0 Å². The molecule has 0 aliphatic carbocycles. The molecule has 3 rings (SSSR count). The molecule has 5 heteroatoms. The molecule has 1 N–H and O–H groups in total. The molecule has 0 unspecified atom stereocenters. The van der Waals surface area contributed by atoms with Crippen LogP contribution in [0.1, 0.15) is 41.8 Å². The minimum Gasteiger partial charge on any atom is -0.373 e. The van der Waals surface area contributed by atoms with Crippen LogP contribution in [-0.4, -0.2) is 27.9 Å². The second-order valence-electron chi connectivity index (χ2n) is 6.35. The van der Waals surface area contributed by atoms with E-state index in [1.165, 1.54) is 16.7 Å². The topological polar surface area (TPSA) is 52.0 Å². The van der Waals surface area contributed by atoms with E-state index in [-0.39, 0.29) is 6.10 Å². The number of nitrogens with one attached hydrogen (secondary N) is 1. The summed E-state index contributed by atoms with van der Waals surface area (Å²) in [6.07, 6.45) is 7.29. The van der Waals surface area contributed by atoms with Crippen molar-refractivity contribution in [2.45, 2.75) is 46.4 Å². The van der Waals surface area contributed by atoms with E-state index in [4.69, 9.17) is 4.74 Å². The first-order valence-electron chi connectivity index (χ1n) is 8.44. The lowest BCUT2D eigenvalue weighted by atomic mass is 9.97. The fourth-order valence-corrected chi connectivity index (χ4v) is 3.21. The number of hydrogen-bond acceptors (Lipinski definition) is 4. The van der Waals surface area contributed by atoms with E-state index in [0.717, 1.165) is 38.4 Å². The maximum atomic E-state index is 5.95. The zero-order valence-corrected chi connectivity index (χ0v) is 14.2. The SMILES string of the molecule is CCn1cc([C@H]2OCC[C@@H]2CNCc2cnc(C)cc2C)cn1. The first-order valence-corrected chi connectivity index (χ1v) is 8.44. The lowest BCUT2D eigenvalue weighted by Gasteiger charge is -2.18. The Labute approximate surface area is 138 Å². The number of hydrogen-bond donors (Lipinski definition) is 1. The van der Waals surface area contributed by atoms with Gasteiger partial charge in [0.25, 0.3) is 0 Å². The maximum Gasteiger partial charge on any atom is 0.0896 e. The Morgan fingerprint density at radius 2 is 2.22 bits per heavy atom. The summed E-state index contributed by atoms with van der Waals surface area (Å²) in [7, 11) is 0. The molecule has 0 saturated carbocycles. The van der Waals surface area contributed by atoms with Crippen molar-refractivity contribution in [2.75, 3.05) is 13.2 Å². The van der Waals surface area contributed by atoms with Crippen molar-refractivity contribution in [1.29, 1.82) is 0 Å². The highest BCUT2D eigenvalue weighted by Crippen LogP contribution is 2.33. The summed E-state index contributed by atoms with van der Waals surface area (Å²) in [6, 6.07) is 2.14. The molecule has 0 radical (unpaired) electrons. The summed E-state index contributed by atoms with van der Waals surface area (Å²) >= 11 is 0. The van der Waals surface area contributed by atoms with Crippen LogP contribution in [-0.2, 0) is 17.8 Å². The van der Waals surface area contributed by atoms with Gasteiger partial charge in [0.05, 0.1) is 12.3 Å². The average molecular weight is 314 g/mol. The lowest BCUT2D eigenvalue weighted by molar-refractivity contribution is 0.0903. The fraction of sp³-hybridized carbons (Fsp3) is 0.556. The van der Waals surface area contributed by atoms with E-state index in [1.807, 2.05) is 24.0 Å². The number of nitrogens with zero attached hydrogens (tertiary/aromatic N) is 3. The van der Waals surface area contributed by atoms with E-state index >= 15 is 0 Å². The van der Waals surface area contributed by atoms with E-state index < -0.39 is 0 Å². The standard InChI is InChI=1S/C18H26N4O/c1-4-22-12-17(11-21-22)18-15(5-6-23-18)8-19-9-16-10-20-14(3)7-13(16)2/h7,10-12,15,18-19H,4-6,8-9H2,1-3H3/t15-,18+/m1/s1. The zero-order valence-electron chi connectivity index (χ0n) is 14.2. The van der Waals surface area contributed by atoms with Crippen LogP contribution in [0.5, 0.6) is 0 Å². The molecule has 23 heavy (non-hydrogen) atoms. The fourth-order valence-electron chi connectivity index (χ4n) is 3.21. The summed E-state index contributed by atoms with van der Waals surface area (Å²) in [5, 5.41) is 7.95. The van der Waals surface area contributed by atoms with Gasteiger partial charge in [-0.15, -0.1) is 0 Å². The molecule has 1 fully saturated rings. The van der Waals surface area contributed by atoms with Crippen molar-refractivity contribution in [2.24, 2.45) is 5.92 Å². The predicted molar refractivity (Wildman–Crippen MR) is 90.1 cm³/mol. The smallest absolute Gasteiger partial charge is 0.0896 e. The van der Waals surface area contributed by atoms with Crippen LogP contribution in [0, 0.1) is 19.8 Å². The Morgan fingerprint density at radius 1 is 1.35 bits per heavy atom. The quantitative estimate of drug-likeness (QED) is 0.891. The third-order valence-corrected chi connectivity index (χ3v) is 4.60. The molecule has 3 heterocycles. The highest BCUT2D eigenvalue weighted by atomic mass is 16.5. The normalized spacial score (nSPS) is 21.0. The van der Waals surface area contributed by atoms with Gasteiger partial charge in [0.1, 0.15) is 0 Å². The first-order chi connectivity index (χ1) is 11.2. The van der Waals surface area contributed by atoms with Gasteiger partial charge in [-0.3, -0.25) is 9.67 Å². The first kappa shape index (κ1) is 16.1. The monoisotopic (exact) mass is 314 g/mol. The number of aryl methyl sites for hydroxylation is 3. The number of aromatic nitrogens is 3. The van der Waals surface area contributed by atoms with Gasteiger partial charge >= 0.3 is 0 Å². The second kappa shape index (κ2) is 7.23. The number of pyridine rings is 1. The molecule has 124 valence electrons. The highest BCUT2D eigenvalue weighted by molar-refractivity contribution is 5.24. The second-order valence-corrected chi connectivity index (χ2v) is 6.35. The van der Waals surface area contributed by atoms with Crippen molar-refractivity contribution < 1.29 is 4.74 Å². The van der Waals surface area contributed by atoms with Gasteiger partial charge in [0, 0.05) is 55.8 Å². The van der Waals surface area contributed by atoms with Gasteiger partial charge in [-0.1, -0.05) is 0 Å². The summed E-state index contributed by atoms with van der Waals surface area (Å²) in [5.74, 6) is 0.503. The van der Waals surface area contributed by atoms with Gasteiger partial charge in [0.2, 0.25) is 0 Å². The lowest BCUT2D eigenvalue weighted by Crippen LogP contribution is -2.25. The Balaban J connectivity index is 1.56. The van der Waals surface area contributed by atoms with E-state index in [0.29, 0.717) is 5.92 Å². The van der Waals surface area contributed by atoms with Crippen LogP contribution < -0.4 is 5.32 Å². The molecule has 1 saturated heterocycles. The number of rotatable bonds is 6. The Hall–Kier alpha value is -1.72. The molecule has 1 aliphatic heterocycles. The summed E-state index contributed by atoms with van der Waals surface area (Å²) < 4.78 is 7.91. The molecule has 1 aliphatic rings. The van der Waals surface area contributed by atoms with Crippen molar-refractivity contribution >= 4 is 0 Å². The molecule has 0 aromatic carbocycles. The molecule has 5 nitrogen and oxygen atoms in total. The summed E-state index contributed by atoms with van der Waals surface area (Å²) in [6.45, 7) is 9.82. The van der Waals surface area contributed by atoms with Gasteiger partial charge in [0.15, 0.2) is 0 Å². The van der Waals surface area contributed by atoms with Crippen LogP contribution in [0.25, 0.3) is 0 Å². The van der Waals surface area contributed by atoms with Crippen molar-refractivity contribution in [3.63, 3.8) is 0 Å². The molecule has 0 bridgehead atoms. The third-order valence-electron chi connectivity index (χ3n) is 4.60. The molecule has 2 aromatic rings. The summed E-state index contributed by atoms with van der Waals surface area (Å²) in [4.78, 5) is 4.39. The minimum atomic E-state index is 0.167. The van der Waals surface area contributed by atoms with Crippen molar-refractivity contribution in [1.82, 2.24) is 20.1 Å². The minimum absolute atomic E-state index is 0.167. The Bertz CT molecular complexity index is 652. The predicted octanol–water partition coefficient (Wildman–Crippen LogP) is 2.78. The third kappa shape index (κ3) is 3.79. The maximum absolute atomic E-state index is 5.95. The van der Waals surface area contributed by atoms with Gasteiger partial charge in [-0.05, 0) is 44.4 Å². The van der Waals surface area contributed by atoms with E-state index in [2.05, 4.69) is 41.5 Å². The van der Waals surface area contributed by atoms with Gasteiger partial charge < -0.3 is 10.1 Å². The van der Waals surface area contributed by atoms with Crippen LogP contribution in [0.4, 0.5) is 0 Å². The molecule has 2 aromatic heterocycles. The average Bonchev–Trinajstić information content (AvgIpc) is 3.17. The Kier molecular flexibility index (Phi) is 5.08. The highest BCUT2D eigenvalue weighted by Gasteiger charge is 2.30. The molecule has 0 amide bonds. The van der Waals surface area contributed by atoms with Crippen molar-refractivity contribution in [3.8, 4) is 0 Å². The molecular formula is C18H26N4O. The van der Waals surface area contributed by atoms with E-state index in [9.17, 15) is 0 Å². The van der Waals surface area contributed by atoms with E-state index in [1.54, 1.807) is 0 Å². The van der Waals surface area contributed by atoms with Gasteiger partial charge in [-0.25, -0.2) is 0 Å². The molecule has 0 spiro atoms. The number of ether oxygens (including phenoxy) is 1. The molecular weight excluding hydrogens is 288 g/mol. The summed E-state index contributed by atoms with van der Waals surface area (Å²) in [5.41, 5.74) is 4.84. The van der Waals surface area contributed by atoms with Crippen LogP contribution in [0.2, 0.25) is 0 Å². The van der Waals surface area contributed by atoms with Crippen LogP contribution in [0.3, 0.4) is 0 Å². The van der Waals surface area contributed by atoms with Crippen LogP contribution in [0.15, 0.2) is 24.7 Å². The van der Waals surface area contributed by atoms with Gasteiger partial charge in [-0.2, -0.15) is 5.10 Å².